The van der Waals surface area contributed by atoms with Crippen molar-refractivity contribution < 1.29 is 18.0 Å². The lowest BCUT2D eigenvalue weighted by Gasteiger charge is -2.13. The van der Waals surface area contributed by atoms with E-state index < -0.39 is 18.6 Å². The smallest absolute Gasteiger partial charge is 0.346 e. The van der Waals surface area contributed by atoms with Crippen LogP contribution in [0.4, 0.5) is 13.2 Å². The standard InChI is InChI=1S/C11H15F3N2OS/c1-8(4-9-2-3-18-6-9)15-5-10(17)16-7-11(12,13)14/h2-3,6,8,15H,4-5,7H2,1H3,(H,16,17). The Morgan fingerprint density at radius 1 is 1.50 bits per heavy atom. The highest BCUT2D eigenvalue weighted by Crippen LogP contribution is 2.12. The number of halogens is 3. The van der Waals surface area contributed by atoms with E-state index in [9.17, 15) is 18.0 Å². The molecule has 0 bridgehead atoms. The van der Waals surface area contributed by atoms with Gasteiger partial charge >= 0.3 is 6.18 Å². The van der Waals surface area contributed by atoms with Crippen molar-refractivity contribution in [3.05, 3.63) is 22.4 Å². The molecule has 0 aromatic carbocycles. The molecule has 0 spiro atoms. The average molecular weight is 280 g/mol. The molecule has 1 atom stereocenters. The van der Waals surface area contributed by atoms with Crippen LogP contribution in [0.5, 0.6) is 0 Å². The zero-order chi connectivity index (χ0) is 13.6. The van der Waals surface area contributed by atoms with Crippen LogP contribution < -0.4 is 10.6 Å². The normalized spacial score (nSPS) is 13.3. The van der Waals surface area contributed by atoms with Crippen LogP contribution in [0.2, 0.25) is 0 Å². The summed E-state index contributed by atoms with van der Waals surface area (Å²) in [5.74, 6) is -0.649. The van der Waals surface area contributed by atoms with E-state index in [-0.39, 0.29) is 12.6 Å². The number of carbonyl (C=O) groups is 1. The van der Waals surface area contributed by atoms with Crippen molar-refractivity contribution in [1.29, 1.82) is 0 Å². The second-order valence-corrected chi connectivity index (χ2v) is 4.79. The highest BCUT2D eigenvalue weighted by molar-refractivity contribution is 7.07. The molecule has 0 fully saturated rings. The maximum Gasteiger partial charge on any atom is 0.405 e. The van der Waals surface area contributed by atoms with Gasteiger partial charge in [0.05, 0.1) is 6.54 Å². The molecule has 1 rings (SSSR count). The first kappa shape index (κ1) is 15.0. The first-order valence-corrected chi connectivity index (χ1v) is 6.39. The summed E-state index contributed by atoms with van der Waals surface area (Å²) in [5, 5.41) is 8.65. The molecule has 3 nitrogen and oxygen atoms in total. The molecular formula is C11H15F3N2OS. The second kappa shape index (κ2) is 6.75. The van der Waals surface area contributed by atoms with Gasteiger partial charge in [0.2, 0.25) is 5.91 Å². The molecule has 1 heterocycles. The SMILES string of the molecule is CC(Cc1ccsc1)NCC(=O)NCC(F)(F)F. The molecule has 1 aromatic rings. The molecule has 0 radical (unpaired) electrons. The first-order chi connectivity index (χ1) is 8.37. The highest BCUT2D eigenvalue weighted by Gasteiger charge is 2.27. The number of carbonyl (C=O) groups excluding carboxylic acids is 1. The zero-order valence-electron chi connectivity index (χ0n) is 9.88. The van der Waals surface area contributed by atoms with E-state index in [1.54, 1.807) is 11.3 Å². The van der Waals surface area contributed by atoms with Crippen molar-refractivity contribution in [2.45, 2.75) is 25.6 Å². The van der Waals surface area contributed by atoms with Crippen LogP contribution in [0.15, 0.2) is 16.8 Å². The Kier molecular flexibility index (Phi) is 5.61. The van der Waals surface area contributed by atoms with Crippen LogP contribution in [0.3, 0.4) is 0 Å². The van der Waals surface area contributed by atoms with Crippen LogP contribution in [0.1, 0.15) is 12.5 Å². The summed E-state index contributed by atoms with van der Waals surface area (Å²) >= 11 is 1.58. The molecule has 0 saturated heterocycles. The number of hydrogen-bond donors (Lipinski definition) is 2. The summed E-state index contributed by atoms with van der Waals surface area (Å²) < 4.78 is 35.5. The summed E-state index contributed by atoms with van der Waals surface area (Å²) in [5.41, 5.74) is 1.15. The van der Waals surface area contributed by atoms with Gasteiger partial charge in [-0.15, -0.1) is 0 Å². The molecule has 7 heteroatoms. The Morgan fingerprint density at radius 3 is 2.78 bits per heavy atom. The summed E-state index contributed by atoms with van der Waals surface area (Å²) in [4.78, 5) is 11.1. The second-order valence-electron chi connectivity index (χ2n) is 4.01. The summed E-state index contributed by atoms with van der Waals surface area (Å²) in [6.45, 7) is 0.489. The Balaban J connectivity index is 2.18. The Morgan fingerprint density at radius 2 is 2.22 bits per heavy atom. The number of rotatable bonds is 6. The van der Waals surface area contributed by atoms with E-state index in [0.717, 1.165) is 12.0 Å². The van der Waals surface area contributed by atoms with Crippen molar-refractivity contribution in [2.24, 2.45) is 0 Å². The van der Waals surface area contributed by atoms with E-state index in [4.69, 9.17) is 0 Å². The number of nitrogens with one attached hydrogen (secondary N) is 2. The summed E-state index contributed by atoms with van der Waals surface area (Å²) in [7, 11) is 0. The van der Waals surface area contributed by atoms with Gasteiger partial charge in [0.25, 0.3) is 0 Å². The molecule has 0 saturated carbocycles. The molecule has 0 aliphatic heterocycles. The van der Waals surface area contributed by atoms with E-state index >= 15 is 0 Å². The predicted molar refractivity (Wildman–Crippen MR) is 64.6 cm³/mol. The maximum atomic E-state index is 11.8. The minimum Gasteiger partial charge on any atom is -0.346 e. The van der Waals surface area contributed by atoms with Crippen molar-refractivity contribution in [3.63, 3.8) is 0 Å². The fourth-order valence-corrected chi connectivity index (χ4v) is 2.04. The van der Waals surface area contributed by atoms with Crippen molar-refractivity contribution in [1.82, 2.24) is 10.6 Å². The number of hydrogen-bond acceptors (Lipinski definition) is 3. The lowest BCUT2D eigenvalue weighted by molar-refractivity contribution is -0.137. The van der Waals surface area contributed by atoms with E-state index in [2.05, 4.69) is 5.32 Å². The third kappa shape index (κ3) is 6.61. The molecule has 102 valence electrons. The number of alkyl halides is 3. The summed E-state index contributed by atoms with van der Waals surface area (Å²) in [6, 6.07) is 2.02. The largest absolute Gasteiger partial charge is 0.405 e. The van der Waals surface area contributed by atoms with Gasteiger partial charge in [-0.2, -0.15) is 24.5 Å². The van der Waals surface area contributed by atoms with Gasteiger partial charge in [-0.25, -0.2) is 0 Å². The lowest BCUT2D eigenvalue weighted by Crippen LogP contribution is -2.42. The third-order valence-corrected chi connectivity index (χ3v) is 2.95. The molecular weight excluding hydrogens is 265 g/mol. The van der Waals surface area contributed by atoms with Crippen LogP contribution >= 0.6 is 11.3 Å². The van der Waals surface area contributed by atoms with Gasteiger partial charge in [-0.1, -0.05) is 0 Å². The summed E-state index contributed by atoms with van der Waals surface area (Å²) in [6.07, 6.45) is -3.62. The molecule has 1 amide bonds. The highest BCUT2D eigenvalue weighted by atomic mass is 32.1. The van der Waals surface area contributed by atoms with Gasteiger partial charge in [-0.3, -0.25) is 4.79 Å². The van der Waals surface area contributed by atoms with Gasteiger partial charge in [0.1, 0.15) is 6.54 Å². The van der Waals surface area contributed by atoms with Gasteiger partial charge in [0.15, 0.2) is 0 Å². The van der Waals surface area contributed by atoms with Crippen molar-refractivity contribution in [2.75, 3.05) is 13.1 Å². The molecule has 0 aliphatic rings. The zero-order valence-corrected chi connectivity index (χ0v) is 10.7. The van der Waals surface area contributed by atoms with Crippen LogP contribution in [-0.4, -0.2) is 31.2 Å². The number of thiophene rings is 1. The van der Waals surface area contributed by atoms with E-state index in [1.165, 1.54) is 0 Å². The monoisotopic (exact) mass is 280 g/mol. The quantitative estimate of drug-likeness (QED) is 0.836. The van der Waals surface area contributed by atoms with E-state index in [1.807, 2.05) is 29.1 Å². The fraction of sp³-hybridized carbons (Fsp3) is 0.545. The fourth-order valence-electron chi connectivity index (χ4n) is 1.36. The number of amides is 1. The van der Waals surface area contributed by atoms with Crippen molar-refractivity contribution >= 4 is 17.2 Å². The Bertz CT molecular complexity index is 365. The average Bonchev–Trinajstić information content (AvgIpc) is 2.75. The first-order valence-electron chi connectivity index (χ1n) is 5.45. The van der Waals surface area contributed by atoms with Gasteiger partial charge in [-0.05, 0) is 35.7 Å². The third-order valence-electron chi connectivity index (χ3n) is 2.22. The molecule has 1 aromatic heterocycles. The molecule has 18 heavy (non-hydrogen) atoms. The van der Waals surface area contributed by atoms with Gasteiger partial charge in [0, 0.05) is 6.04 Å². The van der Waals surface area contributed by atoms with Crippen LogP contribution in [-0.2, 0) is 11.2 Å². The molecule has 0 aliphatic carbocycles. The minimum atomic E-state index is -4.36. The predicted octanol–water partition coefficient (Wildman–Crippen LogP) is 1.95. The van der Waals surface area contributed by atoms with Crippen LogP contribution in [0, 0.1) is 0 Å². The molecule has 2 N–H and O–H groups in total. The van der Waals surface area contributed by atoms with Crippen molar-refractivity contribution in [3.8, 4) is 0 Å². The maximum absolute atomic E-state index is 11.8. The minimum absolute atomic E-state index is 0.0382. The van der Waals surface area contributed by atoms with Gasteiger partial charge < -0.3 is 10.6 Å². The lowest BCUT2D eigenvalue weighted by atomic mass is 10.1. The van der Waals surface area contributed by atoms with E-state index in [0.29, 0.717) is 0 Å². The Hall–Kier alpha value is -1.08. The van der Waals surface area contributed by atoms with Crippen LogP contribution in [0.25, 0.3) is 0 Å². The Labute approximate surface area is 107 Å². The topological polar surface area (TPSA) is 41.1 Å². The molecule has 1 unspecified atom stereocenters.